The second-order valence-corrected chi connectivity index (χ2v) is 6.57. The Labute approximate surface area is 156 Å². The highest BCUT2D eigenvalue weighted by Crippen LogP contribution is 2.23. The monoisotopic (exact) mass is 369 g/mol. The Hall–Kier alpha value is -2.80. The molecule has 0 bridgehead atoms. The number of nitrogens with zero attached hydrogens (tertiary/aromatic N) is 2. The van der Waals surface area contributed by atoms with Crippen LogP contribution in [-0.2, 0) is 4.79 Å². The molecule has 1 heterocycles. The third-order valence-corrected chi connectivity index (χ3v) is 4.49. The molecule has 1 amide bonds. The van der Waals surface area contributed by atoms with Gasteiger partial charge in [-0.05, 0) is 50.2 Å². The van der Waals surface area contributed by atoms with Gasteiger partial charge in [0.25, 0.3) is 0 Å². The van der Waals surface area contributed by atoms with Crippen LogP contribution in [0.4, 0.5) is 6.01 Å². The van der Waals surface area contributed by atoms with Gasteiger partial charge in [0.05, 0.1) is 12.4 Å². The topological polar surface area (TPSA) is 77.3 Å². The highest BCUT2D eigenvalue weighted by atomic mass is 32.2. The van der Waals surface area contributed by atoms with E-state index >= 15 is 0 Å². The van der Waals surface area contributed by atoms with Gasteiger partial charge in [-0.2, -0.15) is 0 Å². The zero-order valence-corrected chi connectivity index (χ0v) is 15.4. The fourth-order valence-electron chi connectivity index (χ4n) is 2.19. The minimum atomic E-state index is -0.197. The number of hydrogen-bond acceptors (Lipinski definition) is 6. The van der Waals surface area contributed by atoms with Crippen molar-refractivity contribution in [2.75, 3.05) is 17.7 Å². The van der Waals surface area contributed by atoms with Gasteiger partial charge in [0, 0.05) is 10.5 Å². The molecule has 3 rings (SSSR count). The molecule has 134 valence electrons. The van der Waals surface area contributed by atoms with Gasteiger partial charge >= 0.3 is 6.01 Å². The van der Waals surface area contributed by atoms with Crippen molar-refractivity contribution in [3.8, 4) is 17.2 Å². The third-order valence-electron chi connectivity index (χ3n) is 3.47. The van der Waals surface area contributed by atoms with E-state index in [0.717, 1.165) is 16.2 Å². The minimum Gasteiger partial charge on any atom is -0.494 e. The number of ether oxygens (including phenoxy) is 1. The van der Waals surface area contributed by atoms with Crippen LogP contribution in [0.25, 0.3) is 11.5 Å². The Morgan fingerprint density at radius 1 is 1.12 bits per heavy atom. The number of anilines is 1. The predicted molar refractivity (Wildman–Crippen MR) is 101 cm³/mol. The molecule has 1 N–H and O–H groups in total. The molecule has 1 aromatic heterocycles. The number of nitrogens with one attached hydrogen (secondary N) is 1. The van der Waals surface area contributed by atoms with Gasteiger partial charge in [-0.3, -0.25) is 10.1 Å². The molecule has 6 nitrogen and oxygen atoms in total. The summed E-state index contributed by atoms with van der Waals surface area (Å²) in [6.07, 6.45) is 0. The molecule has 0 saturated carbocycles. The number of aryl methyl sites for hydroxylation is 1. The fourth-order valence-corrected chi connectivity index (χ4v) is 2.89. The van der Waals surface area contributed by atoms with E-state index in [4.69, 9.17) is 9.15 Å². The Balaban J connectivity index is 1.55. The van der Waals surface area contributed by atoms with E-state index in [-0.39, 0.29) is 17.7 Å². The average molecular weight is 369 g/mol. The van der Waals surface area contributed by atoms with Gasteiger partial charge in [-0.1, -0.05) is 22.8 Å². The van der Waals surface area contributed by atoms with Crippen LogP contribution >= 0.6 is 11.8 Å². The smallest absolute Gasteiger partial charge is 0.322 e. The molecule has 0 aliphatic carbocycles. The summed E-state index contributed by atoms with van der Waals surface area (Å²) < 4.78 is 10.9. The number of carbonyl (C=O) groups excluding carboxylic acids is 1. The van der Waals surface area contributed by atoms with Gasteiger partial charge in [-0.15, -0.1) is 16.9 Å². The van der Waals surface area contributed by atoms with Crippen LogP contribution in [0.5, 0.6) is 5.75 Å². The van der Waals surface area contributed by atoms with Crippen molar-refractivity contribution in [2.45, 2.75) is 18.7 Å². The SMILES string of the molecule is CCOc1ccc(-c2nnc(NC(=O)CSc3ccc(C)cc3)o2)cc1. The Bertz CT molecular complexity index is 860. The zero-order chi connectivity index (χ0) is 18.4. The standard InChI is InChI=1S/C19H19N3O3S/c1-3-24-15-8-6-14(7-9-15)18-21-22-19(25-18)20-17(23)12-26-16-10-4-13(2)5-11-16/h4-11H,3,12H2,1-2H3,(H,20,22,23). The van der Waals surface area contributed by atoms with Gasteiger partial charge in [0.1, 0.15) is 5.75 Å². The summed E-state index contributed by atoms with van der Waals surface area (Å²) >= 11 is 1.45. The maximum Gasteiger partial charge on any atom is 0.322 e. The minimum absolute atomic E-state index is 0.0865. The Morgan fingerprint density at radius 2 is 1.85 bits per heavy atom. The van der Waals surface area contributed by atoms with Gasteiger partial charge in [0.2, 0.25) is 11.8 Å². The number of rotatable bonds is 7. The lowest BCUT2D eigenvalue weighted by atomic mass is 10.2. The Morgan fingerprint density at radius 3 is 2.54 bits per heavy atom. The normalized spacial score (nSPS) is 10.5. The highest BCUT2D eigenvalue weighted by molar-refractivity contribution is 8.00. The van der Waals surface area contributed by atoms with Crippen molar-refractivity contribution >= 4 is 23.7 Å². The molecule has 0 spiro atoms. The molecule has 7 heteroatoms. The van der Waals surface area contributed by atoms with E-state index < -0.39 is 0 Å². The summed E-state index contributed by atoms with van der Waals surface area (Å²) in [6.45, 7) is 4.56. The molecule has 3 aromatic rings. The van der Waals surface area contributed by atoms with Crippen molar-refractivity contribution in [2.24, 2.45) is 0 Å². The maximum absolute atomic E-state index is 12.0. The van der Waals surface area contributed by atoms with Crippen molar-refractivity contribution in [3.05, 3.63) is 54.1 Å². The number of aromatic nitrogens is 2. The summed E-state index contributed by atoms with van der Waals surface area (Å²) in [4.78, 5) is 13.1. The predicted octanol–water partition coefficient (Wildman–Crippen LogP) is 4.17. The summed E-state index contributed by atoms with van der Waals surface area (Å²) in [5.74, 6) is 1.19. The van der Waals surface area contributed by atoms with Gasteiger partial charge < -0.3 is 9.15 Å². The molecular weight excluding hydrogens is 350 g/mol. The van der Waals surface area contributed by atoms with E-state index in [2.05, 4.69) is 15.5 Å². The summed E-state index contributed by atoms with van der Waals surface area (Å²) in [6, 6.07) is 15.4. The molecule has 0 radical (unpaired) electrons. The van der Waals surface area contributed by atoms with Crippen molar-refractivity contribution < 1.29 is 13.9 Å². The molecule has 0 atom stereocenters. The number of thioether (sulfide) groups is 1. The first kappa shape index (κ1) is 18.0. The largest absolute Gasteiger partial charge is 0.494 e. The summed E-state index contributed by atoms with van der Waals surface area (Å²) in [5.41, 5.74) is 1.95. The van der Waals surface area contributed by atoms with Crippen LogP contribution in [0.15, 0.2) is 57.8 Å². The van der Waals surface area contributed by atoms with Crippen LogP contribution in [0.3, 0.4) is 0 Å². The molecule has 0 aliphatic rings. The number of benzene rings is 2. The van der Waals surface area contributed by atoms with Crippen molar-refractivity contribution in [1.82, 2.24) is 10.2 Å². The highest BCUT2D eigenvalue weighted by Gasteiger charge is 2.12. The number of carbonyl (C=O) groups is 1. The molecule has 0 aliphatic heterocycles. The lowest BCUT2D eigenvalue weighted by Crippen LogP contribution is -2.14. The first-order chi connectivity index (χ1) is 12.6. The van der Waals surface area contributed by atoms with E-state index in [9.17, 15) is 4.79 Å². The van der Waals surface area contributed by atoms with Crippen molar-refractivity contribution in [3.63, 3.8) is 0 Å². The van der Waals surface area contributed by atoms with Crippen LogP contribution in [0, 0.1) is 6.92 Å². The van der Waals surface area contributed by atoms with Crippen molar-refractivity contribution in [1.29, 1.82) is 0 Å². The van der Waals surface area contributed by atoms with E-state index in [1.807, 2.05) is 62.4 Å². The zero-order valence-electron chi connectivity index (χ0n) is 14.6. The summed E-state index contributed by atoms with van der Waals surface area (Å²) in [5, 5.41) is 10.5. The van der Waals surface area contributed by atoms with E-state index in [1.54, 1.807) is 0 Å². The molecule has 0 fully saturated rings. The summed E-state index contributed by atoms with van der Waals surface area (Å²) in [7, 11) is 0. The average Bonchev–Trinajstić information content (AvgIpc) is 3.10. The van der Waals surface area contributed by atoms with Crippen LogP contribution in [-0.4, -0.2) is 28.5 Å². The Kier molecular flexibility index (Phi) is 5.91. The van der Waals surface area contributed by atoms with Gasteiger partial charge in [0.15, 0.2) is 0 Å². The van der Waals surface area contributed by atoms with Crippen LogP contribution in [0.1, 0.15) is 12.5 Å². The quantitative estimate of drug-likeness (QED) is 0.630. The first-order valence-corrected chi connectivity index (χ1v) is 9.18. The molecule has 0 saturated heterocycles. The molecular formula is C19H19N3O3S. The first-order valence-electron chi connectivity index (χ1n) is 8.20. The van der Waals surface area contributed by atoms with Crippen LogP contribution < -0.4 is 10.1 Å². The lowest BCUT2D eigenvalue weighted by molar-refractivity contribution is -0.113. The molecule has 2 aromatic carbocycles. The fraction of sp³-hybridized carbons (Fsp3) is 0.211. The number of hydrogen-bond donors (Lipinski definition) is 1. The maximum atomic E-state index is 12.0. The molecule has 26 heavy (non-hydrogen) atoms. The van der Waals surface area contributed by atoms with E-state index in [0.29, 0.717) is 12.5 Å². The second kappa shape index (κ2) is 8.53. The lowest BCUT2D eigenvalue weighted by Gasteiger charge is -2.03. The third kappa shape index (κ3) is 4.86. The second-order valence-electron chi connectivity index (χ2n) is 5.52. The van der Waals surface area contributed by atoms with Gasteiger partial charge in [-0.25, -0.2) is 0 Å². The van der Waals surface area contributed by atoms with Crippen LogP contribution in [0.2, 0.25) is 0 Å². The van der Waals surface area contributed by atoms with E-state index in [1.165, 1.54) is 17.3 Å². The molecule has 0 unspecified atom stereocenters. The number of amides is 1.